The quantitative estimate of drug-likeness (QED) is 0.707. The van der Waals surface area contributed by atoms with Crippen molar-refractivity contribution in [3.05, 3.63) is 22.6 Å². The normalized spacial score (nSPS) is 19.9. The van der Waals surface area contributed by atoms with E-state index in [1.165, 1.54) is 6.07 Å². The number of fused-ring (bicyclic) bond motifs is 1. The Morgan fingerprint density at radius 3 is 2.94 bits per heavy atom. The zero-order valence-electron chi connectivity index (χ0n) is 8.54. The van der Waals surface area contributed by atoms with Gasteiger partial charge in [0.15, 0.2) is 16.8 Å². The van der Waals surface area contributed by atoms with E-state index in [9.17, 15) is 9.18 Å². The molecule has 3 rings (SSSR count). The van der Waals surface area contributed by atoms with Gasteiger partial charge in [0.1, 0.15) is 5.82 Å². The second-order valence-corrected chi connectivity index (χ2v) is 4.59. The molecule has 1 aliphatic heterocycles. The summed E-state index contributed by atoms with van der Waals surface area (Å²) in [6.07, 6.45) is 2.67. The van der Waals surface area contributed by atoms with Gasteiger partial charge in [0.05, 0.1) is 5.56 Å². The summed E-state index contributed by atoms with van der Waals surface area (Å²) in [7, 11) is 0. The Hall–Kier alpha value is -1.16. The van der Waals surface area contributed by atoms with Crippen LogP contribution < -0.4 is 4.90 Å². The number of anilines is 1. The summed E-state index contributed by atoms with van der Waals surface area (Å²) in [5.74, 6) is -0.105. The number of hydrogen-bond donors (Lipinski definition) is 0. The lowest BCUT2D eigenvalue weighted by atomic mass is 10.0. The van der Waals surface area contributed by atoms with E-state index in [1.807, 2.05) is 0 Å². The Labute approximate surface area is 97.2 Å². The minimum atomic E-state index is -0.619. The summed E-state index contributed by atoms with van der Waals surface area (Å²) in [6.45, 7) is 0.672. The number of pyridine rings is 1. The standard InChI is InChI=1S/C11H10ClFN2O/c12-10-8(13)5-7-9(16)3-4-15(6-1-2-6)11(7)14-10/h5-6H,1-4H2. The van der Waals surface area contributed by atoms with Crippen LogP contribution in [0.15, 0.2) is 6.07 Å². The summed E-state index contributed by atoms with van der Waals surface area (Å²) in [6, 6.07) is 1.67. The molecule has 0 bridgehead atoms. The summed E-state index contributed by atoms with van der Waals surface area (Å²) in [5, 5.41) is -0.154. The molecule has 1 aliphatic carbocycles. The van der Waals surface area contributed by atoms with Crippen molar-refractivity contribution in [3.63, 3.8) is 0 Å². The first-order valence-electron chi connectivity index (χ1n) is 5.32. The van der Waals surface area contributed by atoms with Crippen LogP contribution in [0.4, 0.5) is 10.2 Å². The number of Topliss-reactive ketones (excluding diaryl/α,β-unsaturated/α-hetero) is 1. The van der Waals surface area contributed by atoms with Gasteiger partial charge in [-0.05, 0) is 18.9 Å². The average Bonchev–Trinajstić information content (AvgIpc) is 3.05. The molecule has 0 amide bonds. The minimum absolute atomic E-state index is 0.0463. The molecular weight excluding hydrogens is 231 g/mol. The van der Waals surface area contributed by atoms with E-state index in [-0.39, 0.29) is 10.9 Å². The highest BCUT2D eigenvalue weighted by molar-refractivity contribution is 6.29. The summed E-state index contributed by atoms with van der Waals surface area (Å²) in [4.78, 5) is 17.7. The number of carbonyl (C=O) groups excluding carboxylic acids is 1. The van der Waals surface area contributed by atoms with E-state index in [1.54, 1.807) is 0 Å². The van der Waals surface area contributed by atoms with E-state index < -0.39 is 5.82 Å². The van der Waals surface area contributed by atoms with Crippen LogP contribution >= 0.6 is 11.6 Å². The smallest absolute Gasteiger partial charge is 0.168 e. The SMILES string of the molecule is O=C1CCN(C2CC2)c2nc(Cl)c(F)cc21. The van der Waals surface area contributed by atoms with Gasteiger partial charge in [-0.1, -0.05) is 11.6 Å². The van der Waals surface area contributed by atoms with Crippen LogP contribution in [0, 0.1) is 5.82 Å². The largest absolute Gasteiger partial charge is 0.353 e. The molecule has 0 spiro atoms. The molecule has 3 nitrogen and oxygen atoms in total. The molecule has 0 radical (unpaired) electrons. The number of ketones is 1. The van der Waals surface area contributed by atoms with Crippen molar-refractivity contribution in [1.29, 1.82) is 0 Å². The van der Waals surface area contributed by atoms with Gasteiger partial charge in [-0.15, -0.1) is 0 Å². The van der Waals surface area contributed by atoms with Crippen molar-refractivity contribution in [1.82, 2.24) is 4.98 Å². The number of carbonyl (C=O) groups is 1. The molecule has 2 heterocycles. The summed E-state index contributed by atoms with van der Waals surface area (Å²) >= 11 is 5.66. The lowest BCUT2D eigenvalue weighted by molar-refractivity contribution is 0.0978. The van der Waals surface area contributed by atoms with Gasteiger partial charge in [0.2, 0.25) is 0 Å². The first-order chi connectivity index (χ1) is 7.66. The molecule has 1 saturated carbocycles. The third-order valence-electron chi connectivity index (χ3n) is 3.05. The van der Waals surface area contributed by atoms with Crippen molar-refractivity contribution in [2.24, 2.45) is 0 Å². The van der Waals surface area contributed by atoms with Crippen molar-refractivity contribution < 1.29 is 9.18 Å². The molecule has 0 atom stereocenters. The fourth-order valence-electron chi connectivity index (χ4n) is 2.09. The lowest BCUT2D eigenvalue weighted by Crippen LogP contribution is -2.35. The van der Waals surface area contributed by atoms with Crippen LogP contribution in [-0.4, -0.2) is 23.4 Å². The maximum atomic E-state index is 13.3. The lowest BCUT2D eigenvalue weighted by Gasteiger charge is -2.29. The Morgan fingerprint density at radius 2 is 2.25 bits per heavy atom. The van der Waals surface area contributed by atoms with Crippen LogP contribution in [0.1, 0.15) is 29.6 Å². The molecule has 5 heteroatoms. The monoisotopic (exact) mass is 240 g/mol. The fraction of sp³-hybridized carbons (Fsp3) is 0.455. The van der Waals surface area contributed by atoms with Crippen molar-refractivity contribution in [2.45, 2.75) is 25.3 Å². The van der Waals surface area contributed by atoms with Crippen LogP contribution in [0.3, 0.4) is 0 Å². The van der Waals surface area contributed by atoms with Crippen molar-refractivity contribution in [3.8, 4) is 0 Å². The van der Waals surface area contributed by atoms with E-state index in [0.717, 1.165) is 12.8 Å². The Kier molecular flexibility index (Phi) is 2.14. The van der Waals surface area contributed by atoms with Crippen LogP contribution in [-0.2, 0) is 0 Å². The van der Waals surface area contributed by atoms with Crippen molar-refractivity contribution in [2.75, 3.05) is 11.4 Å². The average molecular weight is 241 g/mol. The predicted octanol–water partition coefficient (Wildman–Crippen LogP) is 2.43. The van der Waals surface area contributed by atoms with Gasteiger partial charge in [-0.2, -0.15) is 0 Å². The van der Waals surface area contributed by atoms with E-state index in [0.29, 0.717) is 30.4 Å². The van der Waals surface area contributed by atoms with Gasteiger partial charge in [0, 0.05) is 19.0 Å². The minimum Gasteiger partial charge on any atom is -0.353 e. The first-order valence-corrected chi connectivity index (χ1v) is 5.70. The summed E-state index contributed by atoms with van der Waals surface area (Å²) < 4.78 is 13.3. The van der Waals surface area contributed by atoms with Gasteiger partial charge >= 0.3 is 0 Å². The maximum Gasteiger partial charge on any atom is 0.168 e. The zero-order valence-corrected chi connectivity index (χ0v) is 9.30. The molecule has 1 aromatic rings. The molecule has 1 aromatic heterocycles. The molecule has 0 aromatic carbocycles. The number of halogens is 2. The zero-order chi connectivity index (χ0) is 11.3. The van der Waals surface area contributed by atoms with Gasteiger partial charge in [-0.25, -0.2) is 9.37 Å². The number of rotatable bonds is 1. The van der Waals surface area contributed by atoms with Crippen LogP contribution in [0.2, 0.25) is 5.15 Å². The van der Waals surface area contributed by atoms with Crippen molar-refractivity contribution >= 4 is 23.2 Å². The Balaban J connectivity index is 2.12. The highest BCUT2D eigenvalue weighted by Gasteiger charge is 2.35. The third kappa shape index (κ3) is 1.48. The maximum absolute atomic E-state index is 13.3. The molecule has 1 fully saturated rings. The van der Waals surface area contributed by atoms with E-state index >= 15 is 0 Å². The molecular formula is C11H10ClFN2O. The predicted molar refractivity (Wildman–Crippen MR) is 58.5 cm³/mol. The molecule has 16 heavy (non-hydrogen) atoms. The second-order valence-electron chi connectivity index (χ2n) is 4.23. The third-order valence-corrected chi connectivity index (χ3v) is 3.32. The molecule has 0 saturated heterocycles. The number of aromatic nitrogens is 1. The number of hydrogen-bond acceptors (Lipinski definition) is 3. The first kappa shape index (κ1) is 10.0. The van der Waals surface area contributed by atoms with Crippen LogP contribution in [0.5, 0.6) is 0 Å². The Morgan fingerprint density at radius 1 is 1.50 bits per heavy atom. The molecule has 2 aliphatic rings. The summed E-state index contributed by atoms with van der Waals surface area (Å²) in [5.41, 5.74) is 0.375. The van der Waals surface area contributed by atoms with Gasteiger partial charge < -0.3 is 4.90 Å². The van der Waals surface area contributed by atoms with E-state index in [2.05, 4.69) is 9.88 Å². The molecule has 0 N–H and O–H groups in total. The van der Waals surface area contributed by atoms with Crippen LogP contribution in [0.25, 0.3) is 0 Å². The molecule has 84 valence electrons. The van der Waals surface area contributed by atoms with Gasteiger partial charge in [0.25, 0.3) is 0 Å². The number of nitrogens with zero attached hydrogens (tertiary/aromatic N) is 2. The second kappa shape index (κ2) is 3.42. The van der Waals surface area contributed by atoms with Gasteiger partial charge in [-0.3, -0.25) is 4.79 Å². The Bertz CT molecular complexity index is 473. The highest BCUT2D eigenvalue weighted by atomic mass is 35.5. The molecule has 0 unspecified atom stereocenters. The fourth-order valence-corrected chi connectivity index (χ4v) is 2.22. The van der Waals surface area contributed by atoms with E-state index in [4.69, 9.17) is 11.6 Å². The topological polar surface area (TPSA) is 33.2 Å². The highest BCUT2D eigenvalue weighted by Crippen LogP contribution is 2.36.